The van der Waals surface area contributed by atoms with Gasteiger partial charge in [0.15, 0.2) is 0 Å². The number of hydrogen-bond acceptors (Lipinski definition) is 5. The Hall–Kier alpha value is -1.53. The maximum absolute atomic E-state index is 13.4. The molecule has 1 aromatic carbocycles. The lowest BCUT2D eigenvalue weighted by molar-refractivity contribution is -0.140. The van der Waals surface area contributed by atoms with Crippen LogP contribution in [0.5, 0.6) is 0 Å². The van der Waals surface area contributed by atoms with E-state index in [9.17, 15) is 14.7 Å². The van der Waals surface area contributed by atoms with E-state index in [0.29, 0.717) is 12.3 Å². The molecule has 0 radical (unpaired) electrons. The second-order valence-electron chi connectivity index (χ2n) is 8.81. The van der Waals surface area contributed by atoms with Gasteiger partial charge < -0.3 is 9.84 Å². The van der Waals surface area contributed by atoms with E-state index >= 15 is 0 Å². The predicted octanol–water partition coefficient (Wildman–Crippen LogP) is 3.95. The van der Waals surface area contributed by atoms with Crippen molar-refractivity contribution in [1.29, 1.82) is 0 Å². The largest absolute Gasteiger partial charge is 0.447 e. The molecule has 1 aliphatic heterocycles. The van der Waals surface area contributed by atoms with Crippen LogP contribution in [0.2, 0.25) is 0 Å². The van der Waals surface area contributed by atoms with Gasteiger partial charge in [-0.1, -0.05) is 45.9 Å². The first-order valence-corrected chi connectivity index (χ1v) is 10.5. The lowest BCUT2D eigenvalue weighted by Crippen LogP contribution is -2.54. The average molecular weight is 392 g/mol. The van der Waals surface area contributed by atoms with Gasteiger partial charge in [-0.05, 0) is 36.3 Å². The van der Waals surface area contributed by atoms with E-state index in [0.717, 1.165) is 11.3 Å². The third-order valence-corrected chi connectivity index (χ3v) is 6.85. The van der Waals surface area contributed by atoms with E-state index in [1.165, 1.54) is 4.90 Å². The molecule has 0 aromatic heterocycles. The molecular weight excluding hydrogens is 362 g/mol. The van der Waals surface area contributed by atoms with Gasteiger partial charge in [0.1, 0.15) is 6.61 Å². The van der Waals surface area contributed by atoms with Crippen molar-refractivity contribution in [2.45, 2.75) is 62.8 Å². The Morgan fingerprint density at radius 1 is 1.22 bits per heavy atom. The zero-order valence-electron chi connectivity index (χ0n) is 16.4. The Morgan fingerprint density at radius 2 is 1.89 bits per heavy atom. The van der Waals surface area contributed by atoms with Crippen LogP contribution in [0.1, 0.15) is 40.5 Å². The first kappa shape index (κ1) is 20.2. The second kappa shape index (κ2) is 7.84. The Labute approximate surface area is 165 Å². The summed E-state index contributed by atoms with van der Waals surface area (Å²) in [6.45, 7) is 8.30. The number of aliphatic hydroxyl groups excluding tert-OH is 1. The molecule has 1 saturated carbocycles. The van der Waals surface area contributed by atoms with Gasteiger partial charge in [0.05, 0.1) is 18.1 Å². The van der Waals surface area contributed by atoms with Crippen LogP contribution in [0.25, 0.3) is 0 Å². The number of rotatable bonds is 3. The lowest BCUT2D eigenvalue weighted by atomic mass is 9.78. The molecule has 1 aromatic rings. The van der Waals surface area contributed by atoms with Crippen molar-refractivity contribution in [3.63, 3.8) is 0 Å². The monoisotopic (exact) mass is 391 g/mol. The fourth-order valence-electron chi connectivity index (χ4n) is 4.03. The Kier molecular flexibility index (Phi) is 5.87. The normalized spacial score (nSPS) is 31.7. The molecule has 3 rings (SSSR count). The first-order chi connectivity index (χ1) is 12.7. The summed E-state index contributed by atoms with van der Waals surface area (Å²) in [5.41, 5.74) is -0.281. The third kappa shape index (κ3) is 4.32. The van der Waals surface area contributed by atoms with E-state index in [1.54, 1.807) is 11.8 Å². The highest BCUT2D eigenvalue weighted by Gasteiger charge is 2.50. The van der Waals surface area contributed by atoms with Crippen molar-refractivity contribution >= 4 is 23.8 Å². The number of thioether (sulfide) groups is 1. The van der Waals surface area contributed by atoms with Crippen LogP contribution in [0.3, 0.4) is 0 Å². The van der Waals surface area contributed by atoms with Crippen LogP contribution in [-0.4, -0.2) is 46.0 Å². The zero-order chi connectivity index (χ0) is 19.8. The minimum absolute atomic E-state index is 0.0762. The van der Waals surface area contributed by atoms with Crippen LogP contribution in [0.15, 0.2) is 35.2 Å². The van der Waals surface area contributed by atoms with Crippen LogP contribution < -0.4 is 0 Å². The van der Waals surface area contributed by atoms with Crippen molar-refractivity contribution in [1.82, 2.24) is 4.90 Å². The predicted molar refractivity (Wildman–Crippen MR) is 105 cm³/mol. The number of carbonyl (C=O) groups excluding carboxylic acids is 2. The maximum atomic E-state index is 13.4. The van der Waals surface area contributed by atoms with Gasteiger partial charge >= 0.3 is 6.09 Å². The molecule has 1 aliphatic carbocycles. The topological polar surface area (TPSA) is 66.8 Å². The van der Waals surface area contributed by atoms with Crippen molar-refractivity contribution in [2.75, 3.05) is 6.61 Å². The van der Waals surface area contributed by atoms with Crippen LogP contribution >= 0.6 is 11.8 Å². The fourth-order valence-corrected chi connectivity index (χ4v) is 5.56. The number of carbonyl (C=O) groups is 2. The summed E-state index contributed by atoms with van der Waals surface area (Å²) in [5.74, 6) is -0.582. The number of aliphatic hydroxyl groups is 1. The van der Waals surface area contributed by atoms with Crippen LogP contribution in [0, 0.1) is 17.3 Å². The summed E-state index contributed by atoms with van der Waals surface area (Å²) in [5, 5.41) is 10.7. The molecule has 2 aliphatic rings. The van der Waals surface area contributed by atoms with Gasteiger partial charge in [-0.3, -0.25) is 4.79 Å². The summed E-state index contributed by atoms with van der Waals surface area (Å²) in [6.07, 6.45) is 0.0622. The van der Waals surface area contributed by atoms with E-state index in [-0.39, 0.29) is 29.2 Å². The smallest absolute Gasteiger partial charge is 0.417 e. The van der Waals surface area contributed by atoms with Gasteiger partial charge in [-0.25, -0.2) is 9.69 Å². The molecular formula is C21H29NO4S. The number of benzene rings is 1. The Balaban J connectivity index is 1.88. The number of nitrogens with zero attached hydrogens (tertiary/aromatic N) is 1. The molecule has 2 amide bonds. The quantitative estimate of drug-likeness (QED) is 0.845. The maximum Gasteiger partial charge on any atom is 0.417 e. The van der Waals surface area contributed by atoms with Gasteiger partial charge in [-0.15, -0.1) is 11.8 Å². The van der Waals surface area contributed by atoms with E-state index in [1.807, 2.05) is 51.1 Å². The molecule has 1 heterocycles. The third-order valence-electron chi connectivity index (χ3n) is 5.52. The number of imide groups is 1. The SMILES string of the molecule is C[C@@H]1C[C@@H](O)[C@@H](C(=O)N2C(=O)OCC2C(C)(C)C)[C@H](Sc2ccccc2)C1. The number of hydrogen-bond donors (Lipinski definition) is 1. The molecule has 148 valence electrons. The molecule has 5 nitrogen and oxygen atoms in total. The lowest BCUT2D eigenvalue weighted by Gasteiger charge is -2.40. The highest BCUT2D eigenvalue weighted by molar-refractivity contribution is 8.00. The van der Waals surface area contributed by atoms with Crippen LogP contribution in [0.4, 0.5) is 4.79 Å². The van der Waals surface area contributed by atoms with Crippen LogP contribution in [-0.2, 0) is 9.53 Å². The summed E-state index contributed by atoms with van der Waals surface area (Å²) in [4.78, 5) is 28.1. The second-order valence-corrected chi connectivity index (χ2v) is 10.1. The minimum atomic E-state index is -0.753. The van der Waals surface area contributed by atoms with E-state index in [4.69, 9.17) is 4.74 Å². The molecule has 27 heavy (non-hydrogen) atoms. The Bertz CT molecular complexity index is 687. The van der Waals surface area contributed by atoms with Crippen molar-refractivity contribution in [2.24, 2.45) is 17.3 Å². The highest BCUT2D eigenvalue weighted by atomic mass is 32.2. The van der Waals surface area contributed by atoms with Gasteiger partial charge in [0.2, 0.25) is 5.91 Å². The summed E-state index contributed by atoms with van der Waals surface area (Å²) >= 11 is 1.62. The molecule has 1 N–H and O–H groups in total. The van der Waals surface area contributed by atoms with Gasteiger partial charge in [0, 0.05) is 10.1 Å². The van der Waals surface area contributed by atoms with Crippen molar-refractivity contribution in [3.8, 4) is 0 Å². The van der Waals surface area contributed by atoms with Crippen molar-refractivity contribution in [3.05, 3.63) is 30.3 Å². The molecule has 2 fully saturated rings. The van der Waals surface area contributed by atoms with Gasteiger partial charge in [0.25, 0.3) is 0 Å². The summed E-state index contributed by atoms with van der Waals surface area (Å²) in [7, 11) is 0. The highest BCUT2D eigenvalue weighted by Crippen LogP contribution is 2.42. The molecule has 1 unspecified atom stereocenters. The standard InChI is InChI=1S/C21H29NO4S/c1-13-10-15(23)18(16(11-13)27-14-8-6-5-7-9-14)19(24)22-17(21(2,3)4)12-26-20(22)25/h5-9,13,15-18,23H,10-12H2,1-4H3/t13-,15-,16-,17?,18-/m1/s1. The summed E-state index contributed by atoms with van der Waals surface area (Å²) < 4.78 is 5.20. The first-order valence-electron chi connectivity index (χ1n) is 9.58. The minimum Gasteiger partial charge on any atom is -0.447 e. The molecule has 1 saturated heterocycles. The van der Waals surface area contributed by atoms with Crippen molar-refractivity contribution < 1.29 is 19.4 Å². The molecule has 0 spiro atoms. The number of amides is 2. The molecule has 5 atom stereocenters. The van der Waals surface area contributed by atoms with E-state index in [2.05, 4.69) is 6.92 Å². The fraction of sp³-hybridized carbons (Fsp3) is 0.619. The molecule has 6 heteroatoms. The number of cyclic esters (lactones) is 1. The van der Waals surface area contributed by atoms with Gasteiger partial charge in [-0.2, -0.15) is 0 Å². The number of ether oxygens (including phenoxy) is 1. The average Bonchev–Trinajstić information content (AvgIpc) is 2.97. The van der Waals surface area contributed by atoms with E-state index < -0.39 is 18.1 Å². The molecule has 0 bridgehead atoms. The Morgan fingerprint density at radius 3 is 2.52 bits per heavy atom. The summed E-state index contributed by atoms with van der Waals surface area (Å²) in [6, 6.07) is 9.61. The zero-order valence-corrected chi connectivity index (χ0v) is 17.2.